The molecule has 0 radical (unpaired) electrons. The van der Waals surface area contributed by atoms with Gasteiger partial charge in [0.15, 0.2) is 5.78 Å². The minimum absolute atomic E-state index is 0.000980. The molecule has 2 aliphatic rings. The van der Waals surface area contributed by atoms with Crippen LogP contribution in [0.25, 0.3) is 0 Å². The number of ether oxygens (including phenoxy) is 2. The van der Waals surface area contributed by atoms with E-state index in [1.807, 2.05) is 79.8 Å². The van der Waals surface area contributed by atoms with Gasteiger partial charge in [0.1, 0.15) is 21.5 Å². The van der Waals surface area contributed by atoms with Gasteiger partial charge in [-0.3, -0.25) is 19.4 Å². The lowest BCUT2D eigenvalue weighted by atomic mass is 10.0. The average molecular weight is 721 g/mol. The molecule has 260 valence electrons. The fourth-order valence-corrected chi connectivity index (χ4v) is 4.77. The summed E-state index contributed by atoms with van der Waals surface area (Å²) in [4.78, 5) is 64.2. The van der Waals surface area contributed by atoms with Crippen LogP contribution in [0.4, 0.5) is 9.59 Å². The number of rotatable bonds is 4. The van der Waals surface area contributed by atoms with Crippen LogP contribution in [-0.2, 0) is 19.1 Å². The van der Waals surface area contributed by atoms with E-state index in [-0.39, 0.29) is 35.7 Å². The lowest BCUT2D eigenvalue weighted by molar-refractivity contribution is -0.172. The van der Waals surface area contributed by atoms with E-state index in [2.05, 4.69) is 25.9 Å². The molecule has 0 bridgehead atoms. The third-order valence-corrected chi connectivity index (χ3v) is 7.49. The molecule has 13 heteroatoms. The predicted molar refractivity (Wildman–Crippen MR) is 182 cm³/mol. The normalized spacial score (nSPS) is 17.5. The first kappa shape index (κ1) is 39.6. The lowest BCUT2D eigenvalue weighted by Gasteiger charge is -2.24. The smallest absolute Gasteiger partial charge is 0.410 e. The molecule has 4 rings (SSSR count). The van der Waals surface area contributed by atoms with Crippen LogP contribution in [0.15, 0.2) is 41.3 Å². The molecule has 12 nitrogen and oxygen atoms in total. The summed E-state index contributed by atoms with van der Waals surface area (Å²) >= 11 is 3.23. The number of hydrogen-bond acceptors (Lipinski definition) is 9. The molecule has 0 aliphatic carbocycles. The Kier molecular flexibility index (Phi) is 14.8. The van der Waals surface area contributed by atoms with Gasteiger partial charge < -0.3 is 19.3 Å². The summed E-state index contributed by atoms with van der Waals surface area (Å²) in [6, 6.07) is 7.56. The number of carbonyl (C=O) groups is 4. The number of amides is 3. The third-order valence-electron chi connectivity index (χ3n) is 7.02. The van der Waals surface area contributed by atoms with Crippen molar-refractivity contribution in [2.45, 2.75) is 79.4 Å². The Bertz CT molecular complexity index is 1320. The monoisotopic (exact) mass is 719 g/mol. The van der Waals surface area contributed by atoms with Crippen molar-refractivity contribution in [2.24, 2.45) is 11.8 Å². The Hall–Kier alpha value is -3.58. The summed E-state index contributed by atoms with van der Waals surface area (Å²) in [5.74, 6) is -0.500. The number of likely N-dealkylation sites (tertiary alicyclic amines) is 2. The molecule has 3 amide bonds. The first-order valence-electron chi connectivity index (χ1n) is 15.6. The molecular weight excluding hydrogens is 670 g/mol. The zero-order valence-electron chi connectivity index (χ0n) is 29.3. The van der Waals surface area contributed by atoms with Crippen molar-refractivity contribution in [3.63, 3.8) is 0 Å². The van der Waals surface area contributed by atoms with Gasteiger partial charge in [0.05, 0.1) is 13.0 Å². The number of Topliss-reactive ketones (excluding diaryl/α,β-unsaturated/α-hetero) is 1. The minimum Gasteiger partial charge on any atom is -0.444 e. The molecule has 2 atom stereocenters. The van der Waals surface area contributed by atoms with E-state index in [4.69, 9.17) is 14.3 Å². The maximum Gasteiger partial charge on any atom is 0.410 e. The largest absolute Gasteiger partial charge is 0.444 e. The number of hydroxylamine groups is 2. The Balaban J connectivity index is 0.000000268. The van der Waals surface area contributed by atoms with Gasteiger partial charge in [-0.05, 0) is 107 Å². The van der Waals surface area contributed by atoms with Gasteiger partial charge in [0.25, 0.3) is 5.91 Å². The van der Waals surface area contributed by atoms with Crippen LogP contribution in [0.5, 0.6) is 0 Å². The van der Waals surface area contributed by atoms with E-state index < -0.39 is 11.2 Å². The van der Waals surface area contributed by atoms with E-state index in [0.29, 0.717) is 44.7 Å². The molecule has 0 spiro atoms. The second kappa shape index (κ2) is 17.5. The van der Waals surface area contributed by atoms with E-state index in [1.54, 1.807) is 29.1 Å². The third kappa shape index (κ3) is 14.0. The van der Waals surface area contributed by atoms with Crippen LogP contribution in [0.3, 0.4) is 0 Å². The first-order valence-corrected chi connectivity index (χ1v) is 16.4. The summed E-state index contributed by atoms with van der Waals surface area (Å²) in [6.07, 6.45) is 4.10. The Morgan fingerprint density at radius 1 is 0.787 bits per heavy atom. The first-order chi connectivity index (χ1) is 21.8. The fraction of sp³-hybridized carbons (Fsp3) is 0.588. The van der Waals surface area contributed by atoms with Crippen molar-refractivity contribution < 1.29 is 33.5 Å². The number of pyridine rings is 2. The second-order valence-corrected chi connectivity index (χ2v) is 14.4. The summed E-state index contributed by atoms with van der Waals surface area (Å²) in [7, 11) is 3.01. The topological polar surface area (TPSA) is 131 Å². The highest BCUT2D eigenvalue weighted by Crippen LogP contribution is 2.23. The van der Waals surface area contributed by atoms with E-state index in [1.165, 1.54) is 17.7 Å². The molecule has 2 unspecified atom stereocenters. The van der Waals surface area contributed by atoms with Gasteiger partial charge in [-0.1, -0.05) is 12.1 Å². The highest BCUT2D eigenvalue weighted by atomic mass is 79.9. The van der Waals surface area contributed by atoms with Crippen molar-refractivity contribution >= 4 is 39.8 Å². The molecule has 47 heavy (non-hydrogen) atoms. The summed E-state index contributed by atoms with van der Waals surface area (Å²) in [6.45, 7) is 16.8. The second-order valence-electron chi connectivity index (χ2n) is 13.6. The molecule has 2 saturated heterocycles. The lowest BCUT2D eigenvalue weighted by Crippen LogP contribution is -2.37. The van der Waals surface area contributed by atoms with Gasteiger partial charge in [0, 0.05) is 51.5 Å². The molecule has 0 N–H and O–H groups in total. The van der Waals surface area contributed by atoms with Crippen LogP contribution in [0.2, 0.25) is 0 Å². The zero-order chi connectivity index (χ0) is 35.5. The minimum atomic E-state index is -0.516. The molecule has 0 aromatic carbocycles. The molecule has 2 aromatic heterocycles. The molecular formula is C34H50BrN5O7. The van der Waals surface area contributed by atoms with Gasteiger partial charge >= 0.3 is 12.2 Å². The number of nitrogens with zero attached hydrogens (tertiary/aromatic N) is 5. The number of halogens is 1. The van der Waals surface area contributed by atoms with E-state index >= 15 is 0 Å². The van der Waals surface area contributed by atoms with Crippen LogP contribution in [0.1, 0.15) is 76.0 Å². The summed E-state index contributed by atoms with van der Waals surface area (Å²) < 4.78 is 11.5. The average Bonchev–Trinajstić information content (AvgIpc) is 3.68. The maximum atomic E-state index is 12.4. The summed E-state index contributed by atoms with van der Waals surface area (Å²) in [5, 5.41) is 1.20. The van der Waals surface area contributed by atoms with Crippen molar-refractivity contribution in [3.8, 4) is 0 Å². The van der Waals surface area contributed by atoms with E-state index in [9.17, 15) is 19.2 Å². The molecule has 2 aliphatic heterocycles. The number of carbonyl (C=O) groups excluding carboxylic acids is 4. The quantitative estimate of drug-likeness (QED) is 0.205. The predicted octanol–water partition coefficient (Wildman–Crippen LogP) is 6.25. The van der Waals surface area contributed by atoms with Crippen LogP contribution in [-0.4, -0.2) is 100 Å². The maximum absolute atomic E-state index is 12.4. The van der Waals surface area contributed by atoms with Crippen LogP contribution in [0, 0.1) is 25.7 Å². The molecule has 0 saturated carbocycles. The van der Waals surface area contributed by atoms with E-state index in [0.717, 1.165) is 10.2 Å². The number of ketones is 1. The SMILES string of the molecule is CON(C)C(=O)C1CCN(C(=O)OC(C)(C)C)C1.Cc1ccc(Br)nc1.Cc1ccc(C(=O)C2CCN(C(=O)OC(C)(C)C)C2)nc1. The molecule has 2 fully saturated rings. The Morgan fingerprint density at radius 2 is 1.26 bits per heavy atom. The molecule has 4 heterocycles. The standard InChI is InChI=1S/C16H22N2O3.C12H22N2O4.C6H6BrN/c1-11-5-6-13(17-9-11)14(19)12-7-8-18(10-12)15(20)21-16(2,3)4;1-12(2,3)18-11(16)14-7-6-9(8-14)10(15)13(4)17-5;1-5-2-3-6(7)8-4-5/h5-6,9,12H,7-8,10H2,1-4H3;9H,6-8H2,1-5H3;2-4H,1H3. The highest BCUT2D eigenvalue weighted by molar-refractivity contribution is 9.10. The molecule has 2 aromatic rings. The van der Waals surface area contributed by atoms with Gasteiger partial charge in [-0.2, -0.15) is 0 Å². The van der Waals surface area contributed by atoms with Crippen LogP contribution < -0.4 is 0 Å². The number of hydrogen-bond donors (Lipinski definition) is 0. The van der Waals surface area contributed by atoms with Crippen molar-refractivity contribution in [3.05, 3.63) is 58.1 Å². The zero-order valence-corrected chi connectivity index (χ0v) is 30.9. The van der Waals surface area contributed by atoms with Crippen molar-refractivity contribution in [1.29, 1.82) is 0 Å². The fourth-order valence-electron chi connectivity index (χ4n) is 4.54. The Morgan fingerprint density at radius 3 is 1.66 bits per heavy atom. The van der Waals surface area contributed by atoms with Crippen molar-refractivity contribution in [1.82, 2.24) is 24.8 Å². The van der Waals surface area contributed by atoms with Crippen LogP contribution >= 0.6 is 15.9 Å². The number of aromatic nitrogens is 2. The van der Waals surface area contributed by atoms with Gasteiger partial charge in [-0.15, -0.1) is 0 Å². The summed E-state index contributed by atoms with van der Waals surface area (Å²) in [5.41, 5.74) is 1.65. The highest BCUT2D eigenvalue weighted by Gasteiger charge is 2.35. The number of aryl methyl sites for hydroxylation is 2. The van der Waals surface area contributed by atoms with Gasteiger partial charge in [-0.25, -0.2) is 19.6 Å². The Labute approximate surface area is 287 Å². The van der Waals surface area contributed by atoms with Crippen molar-refractivity contribution in [2.75, 3.05) is 40.3 Å². The van der Waals surface area contributed by atoms with Gasteiger partial charge in [0.2, 0.25) is 0 Å².